The van der Waals surface area contributed by atoms with Gasteiger partial charge in [-0.25, -0.2) is 9.78 Å². The second-order valence-electron chi connectivity index (χ2n) is 1.79. The first-order chi connectivity index (χ1) is 5.76. The zero-order valence-electron chi connectivity index (χ0n) is 7.53. The van der Waals surface area contributed by atoms with Gasteiger partial charge in [-0.05, 0) is 6.42 Å². The van der Waals surface area contributed by atoms with E-state index in [0.717, 1.165) is 0 Å². The van der Waals surface area contributed by atoms with E-state index in [4.69, 9.17) is 1.12 Å². The smallest absolute Gasteiger partial charge is 0.318 e. The SMILES string of the molecule is [3H]SC(CCOOC)C(=O)OC. The first-order valence-corrected chi connectivity index (χ1v) is 3.58. The Hall–Kier alpha value is -0.260. The summed E-state index contributed by atoms with van der Waals surface area (Å²) in [6, 6.07) is 0. The van der Waals surface area contributed by atoms with Crippen LogP contribution in [0.3, 0.4) is 0 Å². The summed E-state index contributed by atoms with van der Waals surface area (Å²) >= 11 is 0.693. The Balaban J connectivity index is 3.60. The van der Waals surface area contributed by atoms with Crippen LogP contribution in [0.5, 0.6) is 0 Å². The number of rotatable bonds is 6. The second kappa shape index (κ2) is 6.45. The Labute approximate surface area is 72.2 Å². The van der Waals surface area contributed by atoms with E-state index in [1.165, 1.54) is 14.2 Å². The zero-order valence-corrected chi connectivity index (χ0v) is 7.35. The molecular formula is C6H12O4S. The first kappa shape index (κ1) is 8.83. The van der Waals surface area contributed by atoms with Crippen LogP contribution in [0.25, 0.3) is 0 Å². The monoisotopic (exact) mass is 182 g/mol. The molecule has 0 radical (unpaired) electrons. The third-order valence-corrected chi connectivity index (χ3v) is 1.47. The Morgan fingerprint density at radius 3 is 2.91 bits per heavy atom. The molecular weight excluding hydrogens is 168 g/mol. The van der Waals surface area contributed by atoms with Crippen LogP contribution in [0.15, 0.2) is 0 Å². The number of thiol groups is 1. The van der Waals surface area contributed by atoms with E-state index >= 15 is 0 Å². The number of carbonyl (C=O) groups excluding carboxylic acids is 1. The molecule has 0 bridgehead atoms. The molecule has 0 aliphatic heterocycles. The Morgan fingerprint density at radius 2 is 2.45 bits per heavy atom. The standard InChI is InChI=1S/C6H12O4S/c1-8-6(7)5(11)3-4-10-9-2/h5,11H,3-4H2,1-2H3/i/hT. The molecule has 5 heteroatoms. The van der Waals surface area contributed by atoms with Gasteiger partial charge < -0.3 is 4.74 Å². The van der Waals surface area contributed by atoms with Crippen LogP contribution in [-0.2, 0) is 19.3 Å². The van der Waals surface area contributed by atoms with Crippen molar-refractivity contribution in [3.63, 3.8) is 0 Å². The van der Waals surface area contributed by atoms with E-state index in [1.807, 2.05) is 0 Å². The van der Waals surface area contributed by atoms with Crippen LogP contribution in [0.2, 0.25) is 0 Å². The van der Waals surface area contributed by atoms with Gasteiger partial charge in [0.25, 0.3) is 0 Å². The van der Waals surface area contributed by atoms with Gasteiger partial charge >= 0.3 is 5.97 Å². The normalized spacial score (nSPS) is 13.8. The van der Waals surface area contributed by atoms with Crippen molar-refractivity contribution >= 4 is 18.5 Å². The molecule has 0 saturated heterocycles. The molecule has 0 heterocycles. The van der Waals surface area contributed by atoms with Crippen molar-refractivity contribution in [2.24, 2.45) is 0 Å². The maximum absolute atomic E-state index is 10.9. The first-order valence-electron chi connectivity index (χ1n) is 3.52. The second-order valence-corrected chi connectivity index (χ2v) is 2.36. The third kappa shape index (κ3) is 5.06. The molecule has 0 aromatic carbocycles. The Bertz CT molecular complexity index is 133. The number of carbonyl (C=O) groups is 1. The number of methoxy groups -OCH3 is 1. The van der Waals surface area contributed by atoms with E-state index in [0.29, 0.717) is 19.0 Å². The van der Waals surface area contributed by atoms with Gasteiger partial charge in [-0.3, -0.25) is 4.79 Å². The summed E-state index contributed by atoms with van der Waals surface area (Å²) in [6.07, 6.45) is 0.411. The number of hydrogen-bond acceptors (Lipinski definition) is 5. The van der Waals surface area contributed by atoms with E-state index in [2.05, 4.69) is 14.5 Å². The summed E-state index contributed by atoms with van der Waals surface area (Å²) in [5.41, 5.74) is 0. The lowest BCUT2D eigenvalue weighted by Gasteiger charge is -2.06. The largest absolute Gasteiger partial charge is 0.468 e. The molecule has 0 spiro atoms. The maximum atomic E-state index is 10.9. The van der Waals surface area contributed by atoms with Crippen molar-refractivity contribution in [3.8, 4) is 0 Å². The molecule has 0 aliphatic rings. The molecule has 0 rings (SSSR count). The van der Waals surface area contributed by atoms with Crippen LogP contribution in [-0.4, -0.2) is 33.2 Å². The molecule has 0 aromatic heterocycles. The van der Waals surface area contributed by atoms with Crippen LogP contribution in [0.1, 0.15) is 6.42 Å². The minimum atomic E-state index is -0.495. The molecule has 0 fully saturated rings. The lowest BCUT2D eigenvalue weighted by molar-refractivity contribution is -0.272. The minimum absolute atomic E-state index is 0.280. The fourth-order valence-corrected chi connectivity index (χ4v) is 0.680. The van der Waals surface area contributed by atoms with Crippen molar-refractivity contribution < 1.29 is 19.3 Å². The van der Waals surface area contributed by atoms with Gasteiger partial charge in [0.15, 0.2) is 0 Å². The predicted octanol–water partition coefficient (Wildman–Crippen LogP) is 0.426. The summed E-state index contributed by atoms with van der Waals surface area (Å²) in [7, 11) is 2.68. The van der Waals surface area contributed by atoms with Crippen LogP contribution in [0, 0.1) is 0 Å². The highest BCUT2D eigenvalue weighted by molar-refractivity contribution is 7.81. The zero-order chi connectivity index (χ0) is 9.40. The number of esters is 1. The molecule has 0 amide bonds. The summed E-state index contributed by atoms with van der Waals surface area (Å²) in [5.74, 6) is -0.408. The van der Waals surface area contributed by atoms with E-state index in [1.54, 1.807) is 0 Å². The Morgan fingerprint density at radius 1 is 1.73 bits per heavy atom. The predicted molar refractivity (Wildman–Crippen MR) is 42.4 cm³/mol. The molecule has 1 unspecified atom stereocenters. The van der Waals surface area contributed by atoms with Crippen molar-refractivity contribution in [1.29, 1.82) is 1.12 Å². The van der Waals surface area contributed by atoms with Gasteiger partial charge in [0.2, 0.25) is 0 Å². The molecule has 0 aliphatic carbocycles. The average Bonchev–Trinajstić information content (AvgIpc) is 2.11. The topological polar surface area (TPSA) is 44.8 Å². The van der Waals surface area contributed by atoms with Gasteiger partial charge in [-0.15, -0.1) is 0 Å². The molecule has 1 atom stereocenters. The van der Waals surface area contributed by atoms with Gasteiger partial charge in [0, 0.05) is 0 Å². The van der Waals surface area contributed by atoms with Crippen molar-refractivity contribution in [1.82, 2.24) is 0 Å². The van der Waals surface area contributed by atoms with Gasteiger partial charge in [0.1, 0.15) is 6.37 Å². The molecule has 0 N–H and O–H groups in total. The summed E-state index contributed by atoms with van der Waals surface area (Å²) in [6.45, 7) is 0.280. The van der Waals surface area contributed by atoms with Crippen molar-refractivity contribution in [3.05, 3.63) is 0 Å². The fourth-order valence-electron chi connectivity index (χ4n) is 0.488. The van der Waals surface area contributed by atoms with Gasteiger partial charge in [-0.2, -0.15) is 12.5 Å². The van der Waals surface area contributed by atoms with Gasteiger partial charge in [-0.1, -0.05) is 0 Å². The van der Waals surface area contributed by atoms with Crippen LogP contribution < -0.4 is 0 Å². The molecule has 0 saturated carbocycles. The molecule has 0 aromatic rings. The fraction of sp³-hybridized carbons (Fsp3) is 0.833. The highest BCUT2D eigenvalue weighted by Crippen LogP contribution is 2.03. The quantitative estimate of drug-likeness (QED) is 0.213. The summed E-state index contributed by atoms with van der Waals surface area (Å²) in [4.78, 5) is 19.8. The van der Waals surface area contributed by atoms with E-state index in [-0.39, 0.29) is 6.61 Å². The van der Waals surface area contributed by atoms with Crippen LogP contribution in [0.4, 0.5) is 0 Å². The molecule has 11 heavy (non-hydrogen) atoms. The lowest BCUT2D eigenvalue weighted by Crippen LogP contribution is -2.18. The number of ether oxygens (including phenoxy) is 1. The summed E-state index contributed by atoms with van der Waals surface area (Å²) in [5, 5.41) is -0.495. The van der Waals surface area contributed by atoms with Gasteiger partial charge in [0.05, 0.1) is 20.8 Å². The average molecular weight is 182 g/mol. The lowest BCUT2D eigenvalue weighted by atomic mass is 10.3. The number of hydrogen-bond donors (Lipinski definition) is 1. The van der Waals surface area contributed by atoms with E-state index < -0.39 is 11.2 Å². The highest BCUT2D eigenvalue weighted by atomic mass is 32.1. The maximum Gasteiger partial charge on any atom is 0.318 e. The van der Waals surface area contributed by atoms with Crippen molar-refractivity contribution in [2.45, 2.75) is 11.7 Å². The minimum Gasteiger partial charge on any atom is -0.468 e. The molecule has 66 valence electrons. The molecule has 4 nitrogen and oxygen atoms in total. The summed E-state index contributed by atoms with van der Waals surface area (Å²) < 4.78 is 11.4. The Kier molecular flexibility index (Phi) is 5.18. The van der Waals surface area contributed by atoms with Crippen molar-refractivity contribution in [2.75, 3.05) is 20.8 Å². The van der Waals surface area contributed by atoms with Crippen LogP contribution >= 0.6 is 12.5 Å². The third-order valence-electron chi connectivity index (χ3n) is 1.05. The van der Waals surface area contributed by atoms with E-state index in [9.17, 15) is 4.79 Å². The highest BCUT2D eigenvalue weighted by Gasteiger charge is 2.13.